The second-order valence-corrected chi connectivity index (χ2v) is 6.19. The third-order valence-electron chi connectivity index (χ3n) is 3.19. The fourth-order valence-electron chi connectivity index (χ4n) is 2.59. The maximum Gasteiger partial charge on any atom is 0.269 e. The Kier molecular flexibility index (Phi) is 3.97. The average Bonchev–Trinajstić information content (AvgIpc) is 2.25. The summed E-state index contributed by atoms with van der Waals surface area (Å²) < 4.78 is 27.9. The number of piperidine rings is 1. The Hall–Kier alpha value is -1.27. The van der Waals surface area contributed by atoms with Crippen molar-refractivity contribution in [1.29, 1.82) is 0 Å². The molecule has 0 saturated carbocycles. The zero-order chi connectivity index (χ0) is 15.0. The van der Waals surface area contributed by atoms with E-state index in [1.165, 1.54) is 19.1 Å². The van der Waals surface area contributed by atoms with Crippen LogP contribution in [-0.4, -0.2) is 33.7 Å². The predicted octanol–water partition coefficient (Wildman–Crippen LogP) is 3.43. The maximum atomic E-state index is 14.0. The van der Waals surface area contributed by atoms with Crippen molar-refractivity contribution in [2.45, 2.75) is 30.7 Å². The fourth-order valence-corrected chi connectivity index (χ4v) is 3.04. The van der Waals surface area contributed by atoms with Gasteiger partial charge in [-0.25, -0.2) is 8.78 Å². The first-order valence-corrected chi connectivity index (χ1v) is 6.57. The van der Waals surface area contributed by atoms with Gasteiger partial charge in [-0.15, -0.1) is 0 Å². The van der Waals surface area contributed by atoms with Gasteiger partial charge in [0.2, 0.25) is 0 Å². The first-order valence-electron chi connectivity index (χ1n) is 6.19. The van der Waals surface area contributed by atoms with Crippen LogP contribution in [0.3, 0.4) is 0 Å². The molecule has 1 aliphatic heterocycles. The second kappa shape index (κ2) is 5.26. The third kappa shape index (κ3) is 3.86. The molecule has 1 fully saturated rings. The van der Waals surface area contributed by atoms with Crippen LogP contribution in [0.15, 0.2) is 24.3 Å². The molecule has 0 radical (unpaired) electrons. The minimum absolute atomic E-state index is 0.0140. The van der Waals surface area contributed by atoms with Gasteiger partial charge in [0.15, 0.2) is 5.13 Å². The third-order valence-corrected chi connectivity index (χ3v) is 3.44. The van der Waals surface area contributed by atoms with Gasteiger partial charge in [0.05, 0.1) is 4.92 Å². The molecule has 110 valence electrons. The van der Waals surface area contributed by atoms with Crippen LogP contribution in [0, 0.1) is 10.1 Å². The number of hydrogen-bond donors (Lipinski definition) is 0. The molecule has 1 aromatic carbocycles. The number of likely N-dealkylation sites (tertiary alicyclic amines) is 1. The van der Waals surface area contributed by atoms with Crippen molar-refractivity contribution >= 4 is 17.3 Å². The number of alkyl halides is 3. The Morgan fingerprint density at radius 1 is 1.35 bits per heavy atom. The minimum atomic E-state index is -2.08. The molecule has 0 spiro atoms. The van der Waals surface area contributed by atoms with Crippen molar-refractivity contribution in [2.24, 2.45) is 0 Å². The number of nitro benzene ring substituents is 1. The highest BCUT2D eigenvalue weighted by Gasteiger charge is 2.45. The van der Waals surface area contributed by atoms with Crippen LogP contribution >= 0.6 is 11.6 Å². The normalized spacial score (nSPS) is 31.2. The van der Waals surface area contributed by atoms with Gasteiger partial charge in [0.25, 0.3) is 5.69 Å². The summed E-state index contributed by atoms with van der Waals surface area (Å²) in [5, 5.41) is 8.47. The molecule has 4 nitrogen and oxygen atoms in total. The summed E-state index contributed by atoms with van der Waals surface area (Å²) >= 11 is 5.65. The van der Waals surface area contributed by atoms with Crippen LogP contribution in [-0.2, 0) is 6.54 Å². The first kappa shape index (κ1) is 15.1. The summed E-state index contributed by atoms with van der Waals surface area (Å²) in [6.45, 7) is 1.65. The van der Waals surface area contributed by atoms with Gasteiger partial charge in [0, 0.05) is 38.2 Å². The number of non-ortho nitro benzene ring substituents is 1. The largest absolute Gasteiger partial charge is 0.291 e. The minimum Gasteiger partial charge on any atom is -0.291 e. The van der Waals surface area contributed by atoms with Gasteiger partial charge in [-0.1, -0.05) is 23.7 Å². The lowest BCUT2D eigenvalue weighted by Gasteiger charge is -2.40. The lowest BCUT2D eigenvalue weighted by Crippen LogP contribution is -2.52. The van der Waals surface area contributed by atoms with Gasteiger partial charge >= 0.3 is 0 Å². The van der Waals surface area contributed by atoms with E-state index in [1.807, 2.05) is 0 Å². The number of nitrogens with zero attached hydrogens (tertiary/aromatic N) is 2. The molecule has 0 aliphatic carbocycles. The molecule has 0 amide bonds. The Morgan fingerprint density at radius 2 is 1.95 bits per heavy atom. The number of hydrogen-bond acceptors (Lipinski definition) is 3. The predicted molar refractivity (Wildman–Crippen MR) is 72.2 cm³/mol. The molecule has 20 heavy (non-hydrogen) atoms. The maximum absolute atomic E-state index is 14.0. The molecule has 0 aromatic heterocycles. The lowest BCUT2D eigenvalue weighted by molar-refractivity contribution is -0.384. The van der Waals surface area contributed by atoms with Crippen LogP contribution < -0.4 is 0 Å². The molecule has 1 aliphatic rings. The van der Waals surface area contributed by atoms with Gasteiger partial charge < -0.3 is 0 Å². The van der Waals surface area contributed by atoms with Gasteiger partial charge in [0.1, 0.15) is 5.67 Å². The van der Waals surface area contributed by atoms with E-state index in [9.17, 15) is 18.9 Å². The van der Waals surface area contributed by atoms with Gasteiger partial charge in [-0.2, -0.15) is 0 Å². The van der Waals surface area contributed by atoms with Crippen molar-refractivity contribution in [1.82, 2.24) is 4.90 Å². The quantitative estimate of drug-likeness (QED) is 0.488. The Balaban J connectivity index is 2.07. The summed E-state index contributed by atoms with van der Waals surface area (Å²) in [5.41, 5.74) is -0.948. The SMILES string of the molecule is C[C@]1(F)CN(Cc2ccc([N+](=O)[O-])cc2)C[C@](F)(Cl)C1. The van der Waals surface area contributed by atoms with Crippen LogP contribution in [0.4, 0.5) is 14.5 Å². The molecule has 0 N–H and O–H groups in total. The van der Waals surface area contributed by atoms with E-state index in [0.717, 1.165) is 5.56 Å². The summed E-state index contributed by atoms with van der Waals surface area (Å²) in [6.07, 6.45) is -0.335. The summed E-state index contributed by atoms with van der Waals surface area (Å²) in [6, 6.07) is 5.90. The highest BCUT2D eigenvalue weighted by molar-refractivity contribution is 6.23. The fraction of sp³-hybridized carbons (Fsp3) is 0.538. The molecule has 0 bridgehead atoms. The molecular formula is C13H15ClF2N2O2. The zero-order valence-corrected chi connectivity index (χ0v) is 11.7. The van der Waals surface area contributed by atoms with Crippen molar-refractivity contribution in [3.8, 4) is 0 Å². The number of benzene rings is 1. The first-order chi connectivity index (χ1) is 9.17. The Morgan fingerprint density at radius 3 is 2.45 bits per heavy atom. The highest BCUT2D eigenvalue weighted by Crippen LogP contribution is 2.37. The molecule has 1 heterocycles. The average molecular weight is 305 g/mol. The van der Waals surface area contributed by atoms with Crippen LogP contribution in [0.1, 0.15) is 18.9 Å². The van der Waals surface area contributed by atoms with Crippen LogP contribution in [0.5, 0.6) is 0 Å². The standard InChI is InChI=1S/C13H15ClF2N2O2/c1-12(15)7-13(14,16)9-17(8-12)6-10-2-4-11(5-3-10)18(19)20/h2-5H,6-9H2,1H3/t12-,13+/m1/s1. The molecule has 0 unspecified atom stereocenters. The van der Waals surface area contributed by atoms with Crippen molar-refractivity contribution in [3.63, 3.8) is 0 Å². The topological polar surface area (TPSA) is 46.4 Å². The van der Waals surface area contributed by atoms with E-state index in [0.29, 0.717) is 6.54 Å². The monoisotopic (exact) mass is 304 g/mol. The number of halogens is 3. The second-order valence-electron chi connectivity index (χ2n) is 5.51. The van der Waals surface area contributed by atoms with Crippen molar-refractivity contribution in [3.05, 3.63) is 39.9 Å². The van der Waals surface area contributed by atoms with E-state index in [1.54, 1.807) is 17.0 Å². The Bertz CT molecular complexity index is 490. The number of rotatable bonds is 3. The summed E-state index contributed by atoms with van der Waals surface area (Å²) in [7, 11) is 0. The van der Waals surface area contributed by atoms with E-state index >= 15 is 0 Å². The van der Waals surface area contributed by atoms with E-state index < -0.39 is 15.7 Å². The molecular weight excluding hydrogens is 290 g/mol. The van der Waals surface area contributed by atoms with Gasteiger partial charge in [-0.05, 0) is 12.5 Å². The molecule has 2 rings (SSSR count). The van der Waals surface area contributed by atoms with Crippen molar-refractivity contribution in [2.75, 3.05) is 13.1 Å². The smallest absolute Gasteiger partial charge is 0.269 e. The van der Waals surface area contributed by atoms with Crippen LogP contribution in [0.2, 0.25) is 0 Å². The van der Waals surface area contributed by atoms with Crippen LogP contribution in [0.25, 0.3) is 0 Å². The van der Waals surface area contributed by atoms with E-state index in [-0.39, 0.29) is 25.2 Å². The summed E-state index contributed by atoms with van der Waals surface area (Å²) in [4.78, 5) is 11.6. The van der Waals surface area contributed by atoms with E-state index in [2.05, 4.69) is 0 Å². The number of nitro groups is 1. The van der Waals surface area contributed by atoms with Crippen molar-refractivity contribution < 1.29 is 13.7 Å². The molecule has 7 heteroatoms. The highest BCUT2D eigenvalue weighted by atomic mass is 35.5. The molecule has 1 aromatic rings. The molecule has 2 atom stereocenters. The lowest BCUT2D eigenvalue weighted by atomic mass is 9.94. The summed E-state index contributed by atoms with van der Waals surface area (Å²) in [5.74, 6) is 0. The molecule has 1 saturated heterocycles. The Labute approximate surface area is 120 Å². The van der Waals surface area contributed by atoms with E-state index in [4.69, 9.17) is 11.6 Å². The zero-order valence-electron chi connectivity index (χ0n) is 11.0. The van der Waals surface area contributed by atoms with Gasteiger partial charge in [-0.3, -0.25) is 15.0 Å².